The van der Waals surface area contributed by atoms with Crippen LogP contribution in [0, 0.1) is 6.92 Å². The molecule has 4 heteroatoms. The van der Waals surface area contributed by atoms with Crippen LogP contribution in [0.4, 0.5) is 0 Å². The van der Waals surface area contributed by atoms with Crippen LogP contribution in [0.2, 0.25) is 0 Å². The van der Waals surface area contributed by atoms with Crippen LogP contribution in [0.5, 0.6) is 5.75 Å². The molecular formula is C17H23N3O. The second kappa shape index (κ2) is 5.90. The molecule has 0 aliphatic carbocycles. The number of aromatic nitrogens is 2. The molecule has 1 aliphatic heterocycles. The van der Waals surface area contributed by atoms with Crippen molar-refractivity contribution in [3.63, 3.8) is 0 Å². The summed E-state index contributed by atoms with van der Waals surface area (Å²) in [5.74, 6) is 1.02. The van der Waals surface area contributed by atoms with Crippen LogP contribution in [0.25, 0.3) is 0 Å². The quantitative estimate of drug-likeness (QED) is 0.918. The predicted octanol–water partition coefficient (Wildman–Crippen LogP) is 2.69. The molecule has 1 aromatic carbocycles. The maximum Gasteiger partial charge on any atom is 0.123 e. The first-order valence-corrected chi connectivity index (χ1v) is 7.62. The van der Waals surface area contributed by atoms with Gasteiger partial charge >= 0.3 is 0 Å². The van der Waals surface area contributed by atoms with Gasteiger partial charge in [-0.3, -0.25) is 4.68 Å². The first-order valence-electron chi connectivity index (χ1n) is 7.62. The summed E-state index contributed by atoms with van der Waals surface area (Å²) < 4.78 is 8.00. The number of para-hydroxylation sites is 1. The van der Waals surface area contributed by atoms with Gasteiger partial charge < -0.3 is 10.1 Å². The topological polar surface area (TPSA) is 39.1 Å². The number of ether oxygens (including phenoxy) is 1. The number of benzene rings is 1. The van der Waals surface area contributed by atoms with E-state index < -0.39 is 0 Å². The van der Waals surface area contributed by atoms with Crippen molar-refractivity contribution in [3.8, 4) is 5.75 Å². The summed E-state index contributed by atoms with van der Waals surface area (Å²) in [7, 11) is 0. The smallest absolute Gasteiger partial charge is 0.123 e. The third-order valence-corrected chi connectivity index (χ3v) is 3.85. The van der Waals surface area contributed by atoms with Gasteiger partial charge in [0.2, 0.25) is 0 Å². The standard InChI is InChI=1S/C17H23N3O/c1-12(2)18-9-15-10-20(19-13(15)3)11-16-8-14-6-4-5-7-17(14)21-16/h4-7,10,12,16,18H,8-9,11H2,1-3H3. The summed E-state index contributed by atoms with van der Waals surface area (Å²) in [6, 6.07) is 8.76. The van der Waals surface area contributed by atoms with Crippen molar-refractivity contribution in [1.29, 1.82) is 0 Å². The largest absolute Gasteiger partial charge is 0.488 e. The molecule has 0 saturated heterocycles. The monoisotopic (exact) mass is 285 g/mol. The van der Waals surface area contributed by atoms with E-state index in [9.17, 15) is 0 Å². The van der Waals surface area contributed by atoms with Crippen molar-refractivity contribution in [3.05, 3.63) is 47.3 Å². The SMILES string of the molecule is Cc1nn(CC2Cc3ccccc3O2)cc1CNC(C)C. The molecule has 2 aromatic rings. The normalized spacial score (nSPS) is 17.0. The summed E-state index contributed by atoms with van der Waals surface area (Å²) in [4.78, 5) is 0. The first-order chi connectivity index (χ1) is 10.1. The molecule has 0 amide bonds. The number of hydrogen-bond acceptors (Lipinski definition) is 3. The van der Waals surface area contributed by atoms with E-state index in [1.165, 1.54) is 11.1 Å². The molecule has 1 aliphatic rings. The minimum atomic E-state index is 0.188. The highest BCUT2D eigenvalue weighted by Gasteiger charge is 2.23. The van der Waals surface area contributed by atoms with Crippen LogP contribution in [-0.4, -0.2) is 21.9 Å². The highest BCUT2D eigenvalue weighted by Crippen LogP contribution is 2.28. The highest BCUT2D eigenvalue weighted by atomic mass is 16.5. The zero-order valence-corrected chi connectivity index (χ0v) is 13.0. The lowest BCUT2D eigenvalue weighted by Crippen LogP contribution is -2.22. The van der Waals surface area contributed by atoms with Gasteiger partial charge in [-0.25, -0.2) is 0 Å². The second-order valence-corrected chi connectivity index (χ2v) is 6.05. The molecule has 0 radical (unpaired) electrons. The molecule has 2 heterocycles. The minimum Gasteiger partial charge on any atom is -0.488 e. The van der Waals surface area contributed by atoms with Crippen LogP contribution in [-0.2, 0) is 19.5 Å². The Kier molecular flexibility index (Phi) is 3.97. The van der Waals surface area contributed by atoms with Gasteiger partial charge in [-0.2, -0.15) is 5.10 Å². The average molecular weight is 285 g/mol. The number of nitrogens with zero attached hydrogens (tertiary/aromatic N) is 2. The maximum atomic E-state index is 5.98. The fourth-order valence-corrected chi connectivity index (χ4v) is 2.70. The molecule has 4 nitrogen and oxygen atoms in total. The minimum absolute atomic E-state index is 0.188. The molecule has 3 rings (SSSR count). The zero-order valence-electron chi connectivity index (χ0n) is 13.0. The van der Waals surface area contributed by atoms with Gasteiger partial charge in [-0.1, -0.05) is 32.0 Å². The van der Waals surface area contributed by atoms with Gasteiger partial charge in [-0.15, -0.1) is 0 Å². The molecule has 112 valence electrons. The third kappa shape index (κ3) is 3.27. The van der Waals surface area contributed by atoms with Crippen molar-refractivity contribution in [2.45, 2.75) is 52.4 Å². The summed E-state index contributed by atoms with van der Waals surface area (Å²) in [5.41, 5.74) is 3.66. The van der Waals surface area contributed by atoms with E-state index >= 15 is 0 Å². The Bertz CT molecular complexity index is 593. The molecule has 21 heavy (non-hydrogen) atoms. The van der Waals surface area contributed by atoms with Crippen LogP contribution in [0.1, 0.15) is 30.7 Å². The molecule has 0 fully saturated rings. The molecule has 1 unspecified atom stereocenters. The summed E-state index contributed by atoms with van der Waals surface area (Å²) in [5, 5.41) is 8.05. The molecule has 1 N–H and O–H groups in total. The van der Waals surface area contributed by atoms with Crippen LogP contribution >= 0.6 is 0 Å². The summed E-state index contributed by atoms with van der Waals surface area (Å²) in [6.45, 7) is 8.05. The van der Waals surface area contributed by atoms with Crippen LogP contribution in [0.3, 0.4) is 0 Å². The zero-order chi connectivity index (χ0) is 14.8. The van der Waals surface area contributed by atoms with Crippen molar-refractivity contribution < 1.29 is 4.74 Å². The first kappa shape index (κ1) is 14.1. The Morgan fingerprint density at radius 3 is 2.95 bits per heavy atom. The fourth-order valence-electron chi connectivity index (χ4n) is 2.70. The molecule has 0 spiro atoms. The van der Waals surface area contributed by atoms with Crippen LogP contribution in [0.15, 0.2) is 30.5 Å². The third-order valence-electron chi connectivity index (χ3n) is 3.85. The number of nitrogens with one attached hydrogen (secondary N) is 1. The maximum absolute atomic E-state index is 5.98. The molecule has 0 saturated carbocycles. The van der Waals surface area contributed by atoms with Crippen molar-refractivity contribution >= 4 is 0 Å². The van der Waals surface area contributed by atoms with E-state index in [1.807, 2.05) is 16.8 Å². The Morgan fingerprint density at radius 2 is 2.19 bits per heavy atom. The number of hydrogen-bond donors (Lipinski definition) is 1. The van der Waals surface area contributed by atoms with Gasteiger partial charge in [0.25, 0.3) is 0 Å². The van der Waals surface area contributed by atoms with E-state index in [-0.39, 0.29) is 6.10 Å². The van der Waals surface area contributed by atoms with E-state index in [0.29, 0.717) is 6.04 Å². The second-order valence-electron chi connectivity index (χ2n) is 6.05. The Balaban J connectivity index is 1.63. The van der Waals surface area contributed by atoms with E-state index in [0.717, 1.165) is 31.0 Å². The van der Waals surface area contributed by atoms with Gasteiger partial charge in [0.15, 0.2) is 0 Å². The molecule has 1 aromatic heterocycles. The van der Waals surface area contributed by atoms with E-state index in [4.69, 9.17) is 4.74 Å². The highest BCUT2D eigenvalue weighted by molar-refractivity contribution is 5.37. The summed E-state index contributed by atoms with van der Waals surface area (Å²) >= 11 is 0. The Labute approximate surface area is 126 Å². The van der Waals surface area contributed by atoms with E-state index in [2.05, 4.69) is 49.5 Å². The average Bonchev–Trinajstić information content (AvgIpc) is 2.99. The van der Waals surface area contributed by atoms with Crippen molar-refractivity contribution in [2.75, 3.05) is 0 Å². The van der Waals surface area contributed by atoms with Gasteiger partial charge in [0.1, 0.15) is 11.9 Å². The van der Waals surface area contributed by atoms with Crippen molar-refractivity contribution in [1.82, 2.24) is 15.1 Å². The molecule has 1 atom stereocenters. The Hall–Kier alpha value is -1.81. The number of rotatable bonds is 5. The van der Waals surface area contributed by atoms with Gasteiger partial charge in [0.05, 0.1) is 12.2 Å². The van der Waals surface area contributed by atoms with E-state index in [1.54, 1.807) is 0 Å². The molecular weight excluding hydrogens is 262 g/mol. The predicted molar refractivity (Wildman–Crippen MR) is 83.5 cm³/mol. The van der Waals surface area contributed by atoms with Gasteiger partial charge in [0, 0.05) is 30.8 Å². The van der Waals surface area contributed by atoms with Crippen LogP contribution < -0.4 is 10.1 Å². The summed E-state index contributed by atoms with van der Waals surface area (Å²) in [6.07, 6.45) is 3.29. The lowest BCUT2D eigenvalue weighted by atomic mass is 10.1. The number of fused-ring (bicyclic) bond motifs is 1. The Morgan fingerprint density at radius 1 is 1.38 bits per heavy atom. The molecule has 0 bridgehead atoms. The van der Waals surface area contributed by atoms with Gasteiger partial charge in [-0.05, 0) is 18.6 Å². The number of aryl methyl sites for hydroxylation is 1. The fraction of sp³-hybridized carbons (Fsp3) is 0.471. The lowest BCUT2D eigenvalue weighted by molar-refractivity contribution is 0.203. The van der Waals surface area contributed by atoms with Crippen molar-refractivity contribution in [2.24, 2.45) is 0 Å². The lowest BCUT2D eigenvalue weighted by Gasteiger charge is -2.10.